The van der Waals surface area contributed by atoms with Crippen molar-refractivity contribution < 1.29 is 0 Å². The lowest BCUT2D eigenvalue weighted by atomic mass is 10.0. The van der Waals surface area contributed by atoms with Gasteiger partial charge in [0, 0.05) is 18.6 Å². The first-order valence-electron chi connectivity index (χ1n) is 5.96. The zero-order valence-electron chi connectivity index (χ0n) is 9.87. The smallest absolute Gasteiger partial charge is 0.0292 e. The van der Waals surface area contributed by atoms with Crippen LogP contribution in [0.5, 0.6) is 0 Å². The van der Waals surface area contributed by atoms with Crippen LogP contribution in [0.15, 0.2) is 36.4 Å². The third-order valence-corrected chi connectivity index (χ3v) is 3.13. The standard InChI is InChI=1S/C14H20N2/c1-14(9-11-15-12-14)16-10-5-8-13-6-3-2-4-7-13/h2-8,15-16H,9-12H2,1H3/b8-5+. The molecule has 1 atom stereocenters. The lowest BCUT2D eigenvalue weighted by molar-refractivity contribution is 0.407. The van der Waals surface area contributed by atoms with Crippen LogP contribution in [0.3, 0.4) is 0 Å². The number of hydrogen-bond acceptors (Lipinski definition) is 2. The minimum atomic E-state index is 0.279. The molecule has 1 aliphatic rings. The molecule has 0 aromatic heterocycles. The monoisotopic (exact) mass is 216 g/mol. The number of benzene rings is 1. The second-order valence-electron chi connectivity index (χ2n) is 4.68. The summed E-state index contributed by atoms with van der Waals surface area (Å²) in [6, 6.07) is 10.4. The highest BCUT2D eigenvalue weighted by Gasteiger charge is 2.26. The Hall–Kier alpha value is -1.12. The Morgan fingerprint density at radius 3 is 2.88 bits per heavy atom. The van der Waals surface area contributed by atoms with Crippen molar-refractivity contribution in [2.45, 2.75) is 18.9 Å². The van der Waals surface area contributed by atoms with Crippen molar-refractivity contribution in [1.29, 1.82) is 0 Å². The fourth-order valence-corrected chi connectivity index (χ4v) is 2.03. The van der Waals surface area contributed by atoms with E-state index in [0.717, 1.165) is 19.6 Å². The van der Waals surface area contributed by atoms with E-state index in [1.165, 1.54) is 12.0 Å². The van der Waals surface area contributed by atoms with Crippen molar-refractivity contribution in [2.24, 2.45) is 0 Å². The Bertz CT molecular complexity index is 337. The number of nitrogens with one attached hydrogen (secondary N) is 2. The van der Waals surface area contributed by atoms with Crippen molar-refractivity contribution in [3.8, 4) is 0 Å². The highest BCUT2D eigenvalue weighted by Crippen LogP contribution is 2.12. The molecular weight excluding hydrogens is 196 g/mol. The highest BCUT2D eigenvalue weighted by atomic mass is 15.1. The summed E-state index contributed by atoms with van der Waals surface area (Å²) in [5, 5.41) is 6.96. The maximum atomic E-state index is 3.58. The first kappa shape index (κ1) is 11.4. The van der Waals surface area contributed by atoms with E-state index >= 15 is 0 Å². The van der Waals surface area contributed by atoms with E-state index in [4.69, 9.17) is 0 Å². The lowest BCUT2D eigenvalue weighted by Gasteiger charge is -2.23. The summed E-state index contributed by atoms with van der Waals surface area (Å²) in [4.78, 5) is 0. The van der Waals surface area contributed by atoms with E-state index < -0.39 is 0 Å². The summed E-state index contributed by atoms with van der Waals surface area (Å²) in [5.41, 5.74) is 1.54. The van der Waals surface area contributed by atoms with Crippen LogP contribution in [-0.2, 0) is 0 Å². The molecule has 1 aliphatic heterocycles. The molecular formula is C14H20N2. The van der Waals surface area contributed by atoms with Gasteiger partial charge in [-0.1, -0.05) is 42.5 Å². The van der Waals surface area contributed by atoms with Crippen molar-refractivity contribution in [3.63, 3.8) is 0 Å². The maximum absolute atomic E-state index is 3.58. The second-order valence-corrected chi connectivity index (χ2v) is 4.68. The molecule has 2 heteroatoms. The molecule has 86 valence electrons. The van der Waals surface area contributed by atoms with Gasteiger partial charge in [0.05, 0.1) is 0 Å². The summed E-state index contributed by atoms with van der Waals surface area (Å²) in [5.74, 6) is 0. The lowest BCUT2D eigenvalue weighted by Crippen LogP contribution is -2.44. The van der Waals surface area contributed by atoms with Crippen molar-refractivity contribution in [1.82, 2.24) is 10.6 Å². The normalized spacial score (nSPS) is 25.3. The van der Waals surface area contributed by atoms with Gasteiger partial charge in [0.2, 0.25) is 0 Å². The Kier molecular flexibility index (Phi) is 3.75. The summed E-state index contributed by atoms with van der Waals surface area (Å²) in [7, 11) is 0. The van der Waals surface area contributed by atoms with Crippen LogP contribution in [0, 0.1) is 0 Å². The van der Waals surface area contributed by atoms with Gasteiger partial charge in [-0.2, -0.15) is 0 Å². The summed E-state index contributed by atoms with van der Waals surface area (Å²) >= 11 is 0. The second kappa shape index (κ2) is 5.28. The Morgan fingerprint density at radius 1 is 1.38 bits per heavy atom. The molecule has 2 nitrogen and oxygen atoms in total. The van der Waals surface area contributed by atoms with Gasteiger partial charge < -0.3 is 10.6 Å². The molecule has 0 bridgehead atoms. The summed E-state index contributed by atoms with van der Waals surface area (Å²) in [6.07, 6.45) is 5.57. The van der Waals surface area contributed by atoms with Gasteiger partial charge >= 0.3 is 0 Å². The van der Waals surface area contributed by atoms with Gasteiger partial charge in [0.15, 0.2) is 0 Å². The van der Waals surface area contributed by atoms with Gasteiger partial charge in [0.25, 0.3) is 0 Å². The molecule has 16 heavy (non-hydrogen) atoms. The predicted octanol–water partition coefficient (Wildman–Crippen LogP) is 2.04. The van der Waals surface area contributed by atoms with E-state index in [0.29, 0.717) is 0 Å². The molecule has 0 aliphatic carbocycles. The first-order chi connectivity index (χ1) is 7.79. The molecule has 2 N–H and O–H groups in total. The molecule has 1 aromatic rings. The van der Waals surface area contributed by atoms with Crippen LogP contribution in [0.1, 0.15) is 18.9 Å². The van der Waals surface area contributed by atoms with Gasteiger partial charge in [-0.15, -0.1) is 0 Å². The van der Waals surface area contributed by atoms with E-state index in [2.05, 4.69) is 54.0 Å². The predicted molar refractivity (Wildman–Crippen MR) is 69.4 cm³/mol. The zero-order valence-corrected chi connectivity index (χ0v) is 9.87. The first-order valence-corrected chi connectivity index (χ1v) is 5.96. The zero-order chi connectivity index (χ0) is 11.3. The topological polar surface area (TPSA) is 24.1 Å². The van der Waals surface area contributed by atoms with E-state index in [1.807, 2.05) is 6.07 Å². The SMILES string of the molecule is CC1(NC/C=C/c2ccccc2)CCNC1. The van der Waals surface area contributed by atoms with Crippen LogP contribution in [0.2, 0.25) is 0 Å². The molecule has 0 spiro atoms. The van der Waals surface area contributed by atoms with Gasteiger partial charge in [-0.25, -0.2) is 0 Å². The quantitative estimate of drug-likeness (QED) is 0.805. The minimum Gasteiger partial charge on any atom is -0.315 e. The van der Waals surface area contributed by atoms with Crippen molar-refractivity contribution >= 4 is 6.08 Å². The van der Waals surface area contributed by atoms with Crippen molar-refractivity contribution in [3.05, 3.63) is 42.0 Å². The van der Waals surface area contributed by atoms with Crippen LogP contribution in [0.25, 0.3) is 6.08 Å². The van der Waals surface area contributed by atoms with E-state index in [-0.39, 0.29) is 5.54 Å². The average molecular weight is 216 g/mol. The fourth-order valence-electron chi connectivity index (χ4n) is 2.03. The summed E-state index contributed by atoms with van der Waals surface area (Å²) < 4.78 is 0. The Morgan fingerprint density at radius 2 is 2.19 bits per heavy atom. The number of hydrogen-bond donors (Lipinski definition) is 2. The molecule has 1 fully saturated rings. The molecule has 1 aromatic carbocycles. The molecule has 1 saturated heterocycles. The molecule has 0 saturated carbocycles. The Labute approximate surface area is 97.8 Å². The van der Waals surface area contributed by atoms with Gasteiger partial charge in [-0.05, 0) is 25.5 Å². The maximum Gasteiger partial charge on any atom is 0.0292 e. The minimum absolute atomic E-state index is 0.279. The Balaban J connectivity index is 1.77. The van der Waals surface area contributed by atoms with Gasteiger partial charge in [-0.3, -0.25) is 0 Å². The molecule has 2 rings (SSSR count). The van der Waals surface area contributed by atoms with Crippen LogP contribution in [-0.4, -0.2) is 25.2 Å². The van der Waals surface area contributed by atoms with Crippen molar-refractivity contribution in [2.75, 3.05) is 19.6 Å². The number of rotatable bonds is 4. The fraction of sp³-hybridized carbons (Fsp3) is 0.429. The highest BCUT2D eigenvalue weighted by molar-refractivity contribution is 5.48. The van der Waals surface area contributed by atoms with Crippen LogP contribution in [0.4, 0.5) is 0 Å². The molecule has 1 heterocycles. The third kappa shape index (κ3) is 3.19. The molecule has 0 amide bonds. The van der Waals surface area contributed by atoms with Crippen LogP contribution >= 0.6 is 0 Å². The van der Waals surface area contributed by atoms with Crippen LogP contribution < -0.4 is 10.6 Å². The molecule has 0 radical (unpaired) electrons. The van der Waals surface area contributed by atoms with Gasteiger partial charge in [0.1, 0.15) is 0 Å². The average Bonchev–Trinajstić information content (AvgIpc) is 2.74. The largest absolute Gasteiger partial charge is 0.315 e. The summed E-state index contributed by atoms with van der Waals surface area (Å²) in [6.45, 7) is 5.43. The molecule has 1 unspecified atom stereocenters. The van der Waals surface area contributed by atoms with E-state index in [9.17, 15) is 0 Å². The van der Waals surface area contributed by atoms with E-state index in [1.54, 1.807) is 0 Å². The third-order valence-electron chi connectivity index (χ3n) is 3.13.